The second-order valence-electron chi connectivity index (χ2n) is 9.18. The quantitative estimate of drug-likeness (QED) is 0.228. The van der Waals surface area contributed by atoms with Crippen LogP contribution in [-0.2, 0) is 26.5 Å². The number of fused-ring (bicyclic) bond motifs is 2. The number of rotatable bonds is 6. The molecule has 0 saturated carbocycles. The first-order valence-electron chi connectivity index (χ1n) is 11.8. The zero-order valence-corrected chi connectivity index (χ0v) is 23.5. The number of pyridine rings is 4. The van der Waals surface area contributed by atoms with Crippen molar-refractivity contribution in [3.8, 4) is 23.1 Å². The molecule has 0 aromatic carbocycles. The van der Waals surface area contributed by atoms with E-state index in [1.165, 1.54) is 0 Å². The molecule has 6 aromatic heterocycles. The predicted octanol–water partition coefficient (Wildman–Crippen LogP) is 5.10. The summed E-state index contributed by atoms with van der Waals surface area (Å²) in [7, 11) is 3.29. The monoisotopic (exact) mass is 683 g/mol. The van der Waals surface area contributed by atoms with Crippen molar-refractivity contribution in [3.05, 3.63) is 96.8 Å². The molecule has 6 aromatic rings. The maximum absolute atomic E-state index is 5.66. The summed E-state index contributed by atoms with van der Waals surface area (Å²) in [6, 6.07) is 19.2. The van der Waals surface area contributed by atoms with Gasteiger partial charge in [0.2, 0.25) is 0 Å². The third-order valence-electron chi connectivity index (χ3n) is 6.54. The maximum atomic E-state index is 5.66. The molecule has 38 heavy (non-hydrogen) atoms. The molecule has 0 aliphatic heterocycles. The van der Waals surface area contributed by atoms with Crippen LogP contribution in [0.4, 0.5) is 0 Å². The summed E-state index contributed by atoms with van der Waals surface area (Å²) in [5.74, 6) is 2.67. The summed E-state index contributed by atoms with van der Waals surface area (Å²) >= 11 is 0. The second kappa shape index (κ2) is 10.0. The van der Waals surface area contributed by atoms with Gasteiger partial charge in [-0.3, -0.25) is 19.9 Å². The van der Waals surface area contributed by atoms with E-state index in [4.69, 9.17) is 19.4 Å². The van der Waals surface area contributed by atoms with Gasteiger partial charge in [0.25, 0.3) is 0 Å². The van der Waals surface area contributed by atoms with Crippen LogP contribution in [0.25, 0.3) is 33.7 Å². The van der Waals surface area contributed by atoms with Crippen molar-refractivity contribution in [2.75, 3.05) is 14.2 Å². The van der Waals surface area contributed by atoms with Gasteiger partial charge >= 0.3 is 21.1 Å². The van der Waals surface area contributed by atoms with E-state index in [1.54, 1.807) is 26.6 Å². The Labute approximate surface area is 234 Å². The first-order chi connectivity index (χ1) is 18.0. The summed E-state index contributed by atoms with van der Waals surface area (Å²) in [5, 5.41) is 1.96. The Hall–Kier alpha value is -4.03. The fraction of sp³-hybridized carbons (Fsp3) is 0.172. The van der Waals surface area contributed by atoms with E-state index in [0.717, 1.165) is 33.5 Å². The van der Waals surface area contributed by atoms with Crippen LogP contribution in [0.3, 0.4) is 0 Å². The van der Waals surface area contributed by atoms with Gasteiger partial charge in [0.1, 0.15) is 11.5 Å². The molecule has 0 N–H and O–H groups in total. The van der Waals surface area contributed by atoms with E-state index in [0.29, 0.717) is 23.1 Å². The largest absolute Gasteiger partial charge is 2.00 e. The topological polar surface area (TPSA) is 79.9 Å². The van der Waals surface area contributed by atoms with Crippen molar-refractivity contribution in [1.29, 1.82) is 0 Å². The molecule has 6 rings (SSSR count). The predicted molar refractivity (Wildman–Crippen MR) is 141 cm³/mol. The molecule has 8 nitrogen and oxygen atoms in total. The van der Waals surface area contributed by atoms with Crippen molar-refractivity contribution < 1.29 is 30.5 Å². The standard InChI is InChI=1S/C29H24N6O2.Pt/c1-29(2,23-15-21(36-3)17-25(32-23)34-13-9-19-7-5-11-30-27(19)34)24-16-22(37-4)18-26(33-24)35-14-10-20-8-6-12-31-28(20)35;/h5-12,15-18H,1-4H3;/q-2;+2. The molecule has 0 unspecified atom stereocenters. The van der Waals surface area contributed by atoms with Crippen molar-refractivity contribution in [2.24, 2.45) is 0 Å². The van der Waals surface area contributed by atoms with Gasteiger partial charge in [-0.1, -0.05) is 35.3 Å². The maximum Gasteiger partial charge on any atom is 2.00 e. The van der Waals surface area contributed by atoms with Gasteiger partial charge in [-0.15, -0.1) is 24.3 Å². The van der Waals surface area contributed by atoms with Gasteiger partial charge < -0.3 is 18.6 Å². The van der Waals surface area contributed by atoms with E-state index < -0.39 is 5.41 Å². The summed E-state index contributed by atoms with van der Waals surface area (Å²) in [5.41, 5.74) is 2.49. The Bertz CT molecular complexity index is 1630. The molecule has 9 heteroatoms. The first-order valence-corrected chi connectivity index (χ1v) is 11.8. The summed E-state index contributed by atoms with van der Waals surface area (Å²) in [4.78, 5) is 19.1. The SMILES string of the molecule is COc1cc(-n2[c-]cc3cccnc32)nc(C(C)(C)c2cc(OC)cc(-n3[c-]cc4cccnc43)n2)c1.[Pt+2]. The molecule has 6 heterocycles. The normalized spacial score (nSPS) is 11.5. The summed E-state index contributed by atoms with van der Waals surface area (Å²) in [6.07, 6.45) is 10.0. The number of hydrogen-bond acceptors (Lipinski definition) is 6. The van der Waals surface area contributed by atoms with E-state index in [-0.39, 0.29) is 21.1 Å². The van der Waals surface area contributed by atoms with E-state index in [2.05, 4.69) is 36.2 Å². The van der Waals surface area contributed by atoms with Crippen LogP contribution in [0.5, 0.6) is 11.5 Å². The molecular weight excluding hydrogens is 659 g/mol. The van der Waals surface area contributed by atoms with Crippen molar-refractivity contribution in [3.63, 3.8) is 0 Å². The van der Waals surface area contributed by atoms with Crippen molar-refractivity contribution in [2.45, 2.75) is 19.3 Å². The molecule has 0 bridgehead atoms. The van der Waals surface area contributed by atoms with Crippen LogP contribution in [-0.4, -0.2) is 43.3 Å². The minimum atomic E-state index is -0.612. The average molecular weight is 684 g/mol. The Morgan fingerprint density at radius 1 is 0.711 bits per heavy atom. The van der Waals surface area contributed by atoms with Crippen LogP contribution in [0.1, 0.15) is 25.2 Å². The molecule has 0 spiro atoms. The fourth-order valence-corrected chi connectivity index (χ4v) is 4.38. The fourth-order valence-electron chi connectivity index (χ4n) is 4.38. The summed E-state index contributed by atoms with van der Waals surface area (Å²) in [6.45, 7) is 4.16. The van der Waals surface area contributed by atoms with Crippen molar-refractivity contribution in [1.82, 2.24) is 29.1 Å². The summed E-state index contributed by atoms with van der Waals surface area (Å²) < 4.78 is 15.0. The number of nitrogens with zero attached hydrogens (tertiary/aromatic N) is 6. The van der Waals surface area contributed by atoms with Gasteiger partial charge in [0.05, 0.1) is 25.9 Å². The molecule has 0 atom stereocenters. The number of ether oxygens (including phenoxy) is 2. The van der Waals surface area contributed by atoms with Gasteiger partial charge in [-0.05, 0) is 26.0 Å². The first kappa shape index (κ1) is 25.6. The Kier molecular flexibility index (Phi) is 6.76. The minimum absolute atomic E-state index is 0. The average Bonchev–Trinajstić information content (AvgIpc) is 3.57. The zero-order chi connectivity index (χ0) is 25.6. The molecule has 0 aliphatic carbocycles. The van der Waals surface area contributed by atoms with Gasteiger partial charge in [-0.25, -0.2) is 0 Å². The Morgan fingerprint density at radius 3 is 1.58 bits per heavy atom. The van der Waals surface area contributed by atoms with Gasteiger partial charge in [0, 0.05) is 52.6 Å². The van der Waals surface area contributed by atoms with E-state index in [9.17, 15) is 0 Å². The molecule has 192 valence electrons. The van der Waals surface area contributed by atoms with Crippen LogP contribution >= 0.6 is 0 Å². The minimum Gasteiger partial charge on any atom is -0.497 e. The number of hydrogen-bond donors (Lipinski definition) is 0. The van der Waals surface area contributed by atoms with Crippen LogP contribution in [0.15, 0.2) is 73.1 Å². The van der Waals surface area contributed by atoms with E-state index in [1.807, 2.05) is 69.8 Å². The second-order valence-corrected chi connectivity index (χ2v) is 9.18. The molecule has 0 saturated heterocycles. The Balaban J connectivity index is 0.00000294. The van der Waals surface area contributed by atoms with Gasteiger partial charge in [-0.2, -0.15) is 0 Å². The van der Waals surface area contributed by atoms with Crippen molar-refractivity contribution >= 4 is 22.1 Å². The van der Waals surface area contributed by atoms with Crippen LogP contribution in [0, 0.1) is 12.4 Å². The number of aromatic nitrogens is 6. The third-order valence-corrected chi connectivity index (χ3v) is 6.54. The van der Waals surface area contributed by atoms with Crippen LogP contribution < -0.4 is 9.47 Å². The Morgan fingerprint density at radius 2 is 1.16 bits per heavy atom. The molecular formula is C29H24N6O2Pt. The van der Waals surface area contributed by atoms with Crippen LogP contribution in [0.2, 0.25) is 0 Å². The van der Waals surface area contributed by atoms with E-state index >= 15 is 0 Å². The molecule has 0 radical (unpaired) electrons. The molecule has 0 fully saturated rings. The number of methoxy groups -OCH3 is 2. The third kappa shape index (κ3) is 4.35. The molecule has 0 amide bonds. The smallest absolute Gasteiger partial charge is 0.497 e. The zero-order valence-electron chi connectivity index (χ0n) is 21.2. The van der Waals surface area contributed by atoms with Gasteiger partial charge in [0.15, 0.2) is 0 Å². The molecule has 0 aliphatic rings.